The van der Waals surface area contributed by atoms with E-state index in [1.165, 1.54) is 5.56 Å². The first-order valence-electron chi connectivity index (χ1n) is 8.77. The van der Waals surface area contributed by atoms with Gasteiger partial charge >= 0.3 is 6.03 Å². The van der Waals surface area contributed by atoms with Crippen molar-refractivity contribution >= 4 is 29.2 Å². The summed E-state index contributed by atoms with van der Waals surface area (Å²) in [5, 5.41) is 6.54. The molecule has 2 aliphatic rings. The van der Waals surface area contributed by atoms with E-state index in [1.807, 2.05) is 36.4 Å². The molecule has 0 atom stereocenters. The Morgan fingerprint density at radius 2 is 1.81 bits per heavy atom. The number of halogens is 1. The van der Waals surface area contributed by atoms with E-state index in [9.17, 15) is 9.59 Å². The standard InChI is InChI=1S/C20H20ClN3O2/c21-16-5-3-15(4-6-16)20(9-10-20)13-23-18(25)14-1-7-17(8-2-14)24-12-11-22-19(24)26/h1-8H,9-13H2,(H,22,26)(H,23,25). The van der Waals surface area contributed by atoms with Gasteiger partial charge in [0.2, 0.25) is 0 Å². The van der Waals surface area contributed by atoms with Crippen molar-refractivity contribution in [2.45, 2.75) is 18.3 Å². The van der Waals surface area contributed by atoms with Gasteiger partial charge < -0.3 is 10.6 Å². The lowest BCUT2D eigenvalue weighted by Crippen LogP contribution is -2.32. The third kappa shape index (κ3) is 3.27. The summed E-state index contributed by atoms with van der Waals surface area (Å²) >= 11 is 5.96. The summed E-state index contributed by atoms with van der Waals surface area (Å²) in [7, 11) is 0. The molecule has 134 valence electrons. The van der Waals surface area contributed by atoms with Gasteiger partial charge in [0.1, 0.15) is 0 Å². The van der Waals surface area contributed by atoms with E-state index in [2.05, 4.69) is 10.6 Å². The number of carbonyl (C=O) groups is 2. The minimum absolute atomic E-state index is 0.0355. The van der Waals surface area contributed by atoms with Gasteiger partial charge in [-0.05, 0) is 54.8 Å². The van der Waals surface area contributed by atoms with Crippen LogP contribution in [0.5, 0.6) is 0 Å². The Bertz CT molecular complexity index is 829. The summed E-state index contributed by atoms with van der Waals surface area (Å²) in [6, 6.07) is 14.9. The van der Waals surface area contributed by atoms with Crippen LogP contribution in [-0.2, 0) is 5.41 Å². The van der Waals surface area contributed by atoms with Gasteiger partial charge in [0.25, 0.3) is 5.91 Å². The van der Waals surface area contributed by atoms with E-state index < -0.39 is 0 Å². The highest BCUT2D eigenvalue weighted by Gasteiger charge is 2.44. The van der Waals surface area contributed by atoms with Crippen molar-refractivity contribution in [1.82, 2.24) is 10.6 Å². The molecule has 26 heavy (non-hydrogen) atoms. The number of rotatable bonds is 5. The lowest BCUT2D eigenvalue weighted by molar-refractivity contribution is 0.0949. The average Bonchev–Trinajstić information content (AvgIpc) is 3.33. The summed E-state index contributed by atoms with van der Waals surface area (Å²) in [6.07, 6.45) is 2.13. The molecule has 1 heterocycles. The van der Waals surface area contributed by atoms with Crippen LogP contribution in [0.2, 0.25) is 5.02 Å². The van der Waals surface area contributed by atoms with Gasteiger partial charge in [0.05, 0.1) is 0 Å². The van der Waals surface area contributed by atoms with Gasteiger partial charge in [-0.2, -0.15) is 0 Å². The van der Waals surface area contributed by atoms with Gasteiger partial charge in [-0.3, -0.25) is 9.69 Å². The molecule has 1 saturated carbocycles. The normalized spacial score (nSPS) is 17.7. The van der Waals surface area contributed by atoms with Crippen molar-refractivity contribution in [2.75, 3.05) is 24.5 Å². The Morgan fingerprint density at radius 3 is 2.38 bits per heavy atom. The van der Waals surface area contributed by atoms with Crippen LogP contribution < -0.4 is 15.5 Å². The largest absolute Gasteiger partial charge is 0.351 e. The number of nitrogens with zero attached hydrogens (tertiary/aromatic N) is 1. The Labute approximate surface area is 157 Å². The molecule has 0 bridgehead atoms. The SMILES string of the molecule is O=C(NCC1(c2ccc(Cl)cc2)CC1)c1ccc(N2CCNC2=O)cc1. The molecule has 6 heteroatoms. The van der Waals surface area contributed by atoms with E-state index in [0.29, 0.717) is 25.2 Å². The van der Waals surface area contributed by atoms with Crippen LogP contribution in [0.15, 0.2) is 48.5 Å². The maximum atomic E-state index is 12.5. The molecule has 1 saturated heterocycles. The van der Waals surface area contributed by atoms with Crippen LogP contribution >= 0.6 is 11.6 Å². The minimum Gasteiger partial charge on any atom is -0.351 e. The van der Waals surface area contributed by atoms with E-state index in [1.54, 1.807) is 17.0 Å². The quantitative estimate of drug-likeness (QED) is 0.849. The van der Waals surface area contributed by atoms with Gasteiger partial charge in [-0.1, -0.05) is 23.7 Å². The summed E-state index contributed by atoms with van der Waals surface area (Å²) in [6.45, 7) is 1.91. The van der Waals surface area contributed by atoms with Crippen LogP contribution in [0.4, 0.5) is 10.5 Å². The van der Waals surface area contributed by atoms with Crippen LogP contribution in [0.3, 0.4) is 0 Å². The molecular weight excluding hydrogens is 350 g/mol. The van der Waals surface area contributed by atoms with Gasteiger partial charge in [-0.25, -0.2) is 4.79 Å². The summed E-state index contributed by atoms with van der Waals surface area (Å²) in [4.78, 5) is 25.8. The summed E-state index contributed by atoms with van der Waals surface area (Å²) in [5.41, 5.74) is 2.66. The van der Waals surface area contributed by atoms with Crippen molar-refractivity contribution in [1.29, 1.82) is 0 Å². The van der Waals surface area contributed by atoms with Crippen molar-refractivity contribution < 1.29 is 9.59 Å². The lowest BCUT2D eigenvalue weighted by atomic mass is 9.96. The zero-order valence-corrected chi connectivity index (χ0v) is 15.1. The topological polar surface area (TPSA) is 61.4 Å². The molecule has 4 rings (SSSR count). The molecule has 0 radical (unpaired) electrons. The lowest BCUT2D eigenvalue weighted by Gasteiger charge is -2.17. The molecule has 2 N–H and O–H groups in total. The number of nitrogens with one attached hydrogen (secondary N) is 2. The molecule has 1 aliphatic carbocycles. The van der Waals surface area contributed by atoms with Gasteiger partial charge in [0, 0.05) is 41.3 Å². The number of anilines is 1. The van der Waals surface area contributed by atoms with Crippen LogP contribution in [0.25, 0.3) is 0 Å². The number of urea groups is 1. The molecule has 2 aromatic carbocycles. The highest BCUT2D eigenvalue weighted by molar-refractivity contribution is 6.30. The molecule has 2 fully saturated rings. The fraction of sp³-hybridized carbons (Fsp3) is 0.300. The van der Waals surface area contributed by atoms with E-state index in [4.69, 9.17) is 11.6 Å². The second-order valence-electron chi connectivity index (χ2n) is 6.90. The third-order valence-electron chi connectivity index (χ3n) is 5.20. The molecule has 0 spiro atoms. The number of hydrogen-bond donors (Lipinski definition) is 2. The first kappa shape index (κ1) is 16.9. The second-order valence-corrected chi connectivity index (χ2v) is 7.34. The van der Waals surface area contributed by atoms with E-state index >= 15 is 0 Å². The van der Waals surface area contributed by atoms with Crippen molar-refractivity contribution in [3.05, 3.63) is 64.7 Å². The molecule has 5 nitrogen and oxygen atoms in total. The molecule has 0 aromatic heterocycles. The van der Waals surface area contributed by atoms with Crippen LogP contribution in [0, 0.1) is 0 Å². The smallest absolute Gasteiger partial charge is 0.321 e. The van der Waals surface area contributed by atoms with Gasteiger partial charge in [-0.15, -0.1) is 0 Å². The predicted molar refractivity (Wildman–Crippen MR) is 102 cm³/mol. The summed E-state index contributed by atoms with van der Waals surface area (Å²) in [5.74, 6) is -0.0948. The number of amides is 3. The maximum absolute atomic E-state index is 12.5. The fourth-order valence-electron chi connectivity index (χ4n) is 3.38. The van der Waals surface area contributed by atoms with E-state index in [-0.39, 0.29) is 17.4 Å². The average molecular weight is 370 g/mol. The first-order valence-corrected chi connectivity index (χ1v) is 9.15. The number of carbonyl (C=O) groups excluding carboxylic acids is 2. The van der Waals surface area contributed by atoms with Crippen LogP contribution in [-0.4, -0.2) is 31.6 Å². The monoisotopic (exact) mass is 369 g/mol. The highest BCUT2D eigenvalue weighted by Crippen LogP contribution is 2.47. The Balaban J connectivity index is 1.39. The molecule has 2 aromatic rings. The van der Waals surface area contributed by atoms with Crippen molar-refractivity contribution in [3.8, 4) is 0 Å². The third-order valence-corrected chi connectivity index (χ3v) is 5.45. The van der Waals surface area contributed by atoms with Gasteiger partial charge in [0.15, 0.2) is 0 Å². The van der Waals surface area contributed by atoms with Crippen LogP contribution in [0.1, 0.15) is 28.8 Å². The first-order chi connectivity index (χ1) is 12.6. The Hall–Kier alpha value is -2.53. The zero-order chi connectivity index (χ0) is 18.1. The summed E-state index contributed by atoms with van der Waals surface area (Å²) < 4.78 is 0. The van der Waals surface area contributed by atoms with Crippen molar-refractivity contribution in [2.24, 2.45) is 0 Å². The highest BCUT2D eigenvalue weighted by atomic mass is 35.5. The molecular formula is C20H20ClN3O2. The Morgan fingerprint density at radius 1 is 1.12 bits per heavy atom. The predicted octanol–water partition coefficient (Wildman–Crippen LogP) is 3.33. The Kier molecular flexibility index (Phi) is 4.32. The molecule has 3 amide bonds. The maximum Gasteiger partial charge on any atom is 0.321 e. The number of hydrogen-bond acceptors (Lipinski definition) is 2. The number of benzene rings is 2. The molecule has 1 aliphatic heterocycles. The van der Waals surface area contributed by atoms with E-state index in [0.717, 1.165) is 23.6 Å². The zero-order valence-electron chi connectivity index (χ0n) is 14.3. The second kappa shape index (κ2) is 6.65. The van der Waals surface area contributed by atoms with Crippen molar-refractivity contribution in [3.63, 3.8) is 0 Å². The minimum atomic E-state index is -0.0964. The molecule has 0 unspecified atom stereocenters. The fourth-order valence-corrected chi connectivity index (χ4v) is 3.51.